The van der Waals surface area contributed by atoms with Crippen LogP contribution in [0.2, 0.25) is 0 Å². The van der Waals surface area contributed by atoms with Gasteiger partial charge in [0.15, 0.2) is 5.96 Å². The van der Waals surface area contributed by atoms with Crippen LogP contribution in [0.3, 0.4) is 0 Å². The van der Waals surface area contributed by atoms with E-state index in [4.69, 9.17) is 4.74 Å². The predicted molar refractivity (Wildman–Crippen MR) is 134 cm³/mol. The molecule has 1 saturated heterocycles. The molecule has 2 aromatic rings. The van der Waals surface area contributed by atoms with Crippen LogP contribution in [0.15, 0.2) is 53.5 Å². The van der Waals surface area contributed by atoms with Crippen molar-refractivity contribution < 1.29 is 9.84 Å². The number of halogens is 1. The lowest BCUT2D eigenvalue weighted by molar-refractivity contribution is 0.187. The number of hydrogen-bond donors (Lipinski definition) is 3. The first kappa shape index (κ1) is 24.3. The predicted octanol–water partition coefficient (Wildman–Crippen LogP) is 3.49. The van der Waals surface area contributed by atoms with E-state index in [9.17, 15) is 5.11 Å². The number of anilines is 1. The highest BCUT2D eigenvalue weighted by Gasteiger charge is 2.23. The van der Waals surface area contributed by atoms with Crippen LogP contribution in [-0.4, -0.2) is 50.4 Å². The van der Waals surface area contributed by atoms with E-state index in [1.54, 1.807) is 7.11 Å². The highest BCUT2D eigenvalue weighted by Crippen LogP contribution is 2.21. The lowest BCUT2D eigenvalue weighted by Gasteiger charge is -2.21. The molecule has 3 rings (SSSR count). The van der Waals surface area contributed by atoms with Crippen LogP contribution >= 0.6 is 24.0 Å². The summed E-state index contributed by atoms with van der Waals surface area (Å²) in [6.45, 7) is 7.19. The standard InChI is InChI=1S/C23H32N4O2.HI/c1-4-24-23(25-15-22(28)18-7-11-21(29-3)12-8-18)26-19-13-14-27(16-19)20-9-5-17(2)6-10-20;/h5-12,19,22,28H,4,13-16H2,1-3H3,(H2,24,25,26);1H. The molecule has 1 aliphatic heterocycles. The fourth-order valence-electron chi connectivity index (χ4n) is 3.49. The van der Waals surface area contributed by atoms with Crippen molar-refractivity contribution in [2.24, 2.45) is 4.99 Å². The Morgan fingerprint density at radius 1 is 1.20 bits per heavy atom. The molecule has 30 heavy (non-hydrogen) atoms. The van der Waals surface area contributed by atoms with Crippen LogP contribution < -0.4 is 20.3 Å². The first-order chi connectivity index (χ1) is 14.1. The number of aliphatic hydroxyl groups excluding tert-OH is 1. The Bertz CT molecular complexity index is 796. The van der Waals surface area contributed by atoms with E-state index in [1.807, 2.05) is 31.2 Å². The Hall–Kier alpha value is -2.00. The van der Waals surface area contributed by atoms with E-state index >= 15 is 0 Å². The van der Waals surface area contributed by atoms with Gasteiger partial charge < -0.3 is 25.4 Å². The van der Waals surface area contributed by atoms with Crippen molar-refractivity contribution in [3.05, 3.63) is 59.7 Å². The van der Waals surface area contributed by atoms with E-state index in [0.717, 1.165) is 43.3 Å². The Balaban J connectivity index is 0.00000320. The molecular formula is C23H33IN4O2. The van der Waals surface area contributed by atoms with E-state index < -0.39 is 6.10 Å². The van der Waals surface area contributed by atoms with Gasteiger partial charge in [0, 0.05) is 31.4 Å². The molecule has 0 radical (unpaired) electrons. The molecule has 7 heteroatoms. The molecule has 2 unspecified atom stereocenters. The normalized spacial score (nSPS) is 17.3. The zero-order chi connectivity index (χ0) is 20.6. The number of benzene rings is 2. The summed E-state index contributed by atoms with van der Waals surface area (Å²) in [6, 6.07) is 16.4. The molecule has 6 nitrogen and oxygen atoms in total. The second-order valence-electron chi connectivity index (χ2n) is 7.42. The first-order valence-electron chi connectivity index (χ1n) is 10.3. The third-order valence-corrected chi connectivity index (χ3v) is 5.20. The van der Waals surface area contributed by atoms with Gasteiger partial charge >= 0.3 is 0 Å². The number of guanidine groups is 1. The van der Waals surface area contributed by atoms with Gasteiger partial charge in [-0.3, -0.25) is 4.99 Å². The van der Waals surface area contributed by atoms with Gasteiger partial charge in [0.25, 0.3) is 0 Å². The van der Waals surface area contributed by atoms with Crippen LogP contribution in [0.4, 0.5) is 5.69 Å². The summed E-state index contributed by atoms with van der Waals surface area (Å²) in [6.07, 6.45) is 0.406. The molecule has 2 atom stereocenters. The molecule has 0 bridgehead atoms. The van der Waals surface area contributed by atoms with Gasteiger partial charge in [0.05, 0.1) is 19.8 Å². The van der Waals surface area contributed by atoms with E-state index in [1.165, 1.54) is 11.3 Å². The number of hydrogen-bond acceptors (Lipinski definition) is 4. The molecule has 0 spiro atoms. The lowest BCUT2D eigenvalue weighted by Crippen LogP contribution is -2.44. The average Bonchev–Trinajstić information content (AvgIpc) is 3.21. The number of aliphatic hydroxyl groups is 1. The summed E-state index contributed by atoms with van der Waals surface area (Å²) in [5, 5.41) is 17.3. The topological polar surface area (TPSA) is 69.1 Å². The highest BCUT2D eigenvalue weighted by molar-refractivity contribution is 14.0. The van der Waals surface area contributed by atoms with Gasteiger partial charge in [-0.1, -0.05) is 29.8 Å². The fourth-order valence-corrected chi connectivity index (χ4v) is 3.49. The molecule has 0 aromatic heterocycles. The van der Waals surface area contributed by atoms with Gasteiger partial charge in [0.1, 0.15) is 5.75 Å². The maximum absolute atomic E-state index is 10.5. The average molecular weight is 524 g/mol. The number of methoxy groups -OCH3 is 1. The van der Waals surface area contributed by atoms with Crippen molar-refractivity contribution in [3.8, 4) is 5.75 Å². The second kappa shape index (κ2) is 12.0. The van der Waals surface area contributed by atoms with Crippen molar-refractivity contribution in [1.29, 1.82) is 0 Å². The summed E-state index contributed by atoms with van der Waals surface area (Å²) in [5.74, 6) is 1.52. The highest BCUT2D eigenvalue weighted by atomic mass is 127. The zero-order valence-electron chi connectivity index (χ0n) is 18.0. The lowest BCUT2D eigenvalue weighted by atomic mass is 10.1. The number of nitrogens with one attached hydrogen (secondary N) is 2. The molecule has 1 fully saturated rings. The first-order valence-corrected chi connectivity index (χ1v) is 10.3. The van der Waals surface area contributed by atoms with Crippen LogP contribution in [0.5, 0.6) is 5.75 Å². The van der Waals surface area contributed by atoms with Crippen molar-refractivity contribution >= 4 is 35.6 Å². The Morgan fingerprint density at radius 3 is 2.53 bits per heavy atom. The number of rotatable bonds is 7. The van der Waals surface area contributed by atoms with Gasteiger partial charge in [-0.15, -0.1) is 24.0 Å². The van der Waals surface area contributed by atoms with Crippen molar-refractivity contribution in [3.63, 3.8) is 0 Å². The maximum Gasteiger partial charge on any atom is 0.191 e. The Kier molecular flexibility index (Phi) is 9.71. The van der Waals surface area contributed by atoms with Gasteiger partial charge in [-0.25, -0.2) is 0 Å². The molecule has 164 valence electrons. The second-order valence-corrected chi connectivity index (χ2v) is 7.42. The van der Waals surface area contributed by atoms with E-state index in [-0.39, 0.29) is 24.0 Å². The minimum absolute atomic E-state index is 0. The van der Waals surface area contributed by atoms with Crippen LogP contribution in [-0.2, 0) is 0 Å². The number of ether oxygens (including phenoxy) is 1. The Labute approximate surface area is 196 Å². The summed E-state index contributed by atoms with van der Waals surface area (Å²) in [5.41, 5.74) is 3.37. The molecule has 0 aliphatic carbocycles. The van der Waals surface area contributed by atoms with Crippen LogP contribution in [0.25, 0.3) is 0 Å². The van der Waals surface area contributed by atoms with Crippen LogP contribution in [0.1, 0.15) is 30.6 Å². The van der Waals surface area contributed by atoms with Crippen molar-refractivity contribution in [2.75, 3.05) is 38.2 Å². The van der Waals surface area contributed by atoms with Gasteiger partial charge in [-0.05, 0) is 50.1 Å². The molecule has 1 aliphatic rings. The molecule has 0 saturated carbocycles. The summed E-state index contributed by atoms with van der Waals surface area (Å²) in [7, 11) is 1.63. The fraction of sp³-hybridized carbons (Fsp3) is 0.435. The number of aryl methyl sites for hydroxylation is 1. The quantitative estimate of drug-likeness (QED) is 0.294. The molecule has 0 amide bonds. The third kappa shape index (κ3) is 6.77. The zero-order valence-corrected chi connectivity index (χ0v) is 20.3. The van der Waals surface area contributed by atoms with Crippen molar-refractivity contribution in [2.45, 2.75) is 32.4 Å². The molecule has 1 heterocycles. The van der Waals surface area contributed by atoms with Crippen LogP contribution in [0, 0.1) is 6.92 Å². The summed E-state index contributed by atoms with van der Waals surface area (Å²) in [4.78, 5) is 7.00. The number of nitrogens with zero attached hydrogens (tertiary/aromatic N) is 2. The van der Waals surface area contributed by atoms with Gasteiger partial charge in [-0.2, -0.15) is 0 Å². The maximum atomic E-state index is 10.5. The number of aliphatic imine (C=N–C) groups is 1. The molecule has 3 N–H and O–H groups in total. The van der Waals surface area contributed by atoms with Crippen molar-refractivity contribution in [1.82, 2.24) is 10.6 Å². The monoisotopic (exact) mass is 524 g/mol. The smallest absolute Gasteiger partial charge is 0.191 e. The molecule has 2 aromatic carbocycles. The van der Waals surface area contributed by atoms with Gasteiger partial charge in [0.2, 0.25) is 0 Å². The van der Waals surface area contributed by atoms with E-state index in [2.05, 4.69) is 51.7 Å². The summed E-state index contributed by atoms with van der Waals surface area (Å²) < 4.78 is 5.17. The summed E-state index contributed by atoms with van der Waals surface area (Å²) >= 11 is 0. The third-order valence-electron chi connectivity index (χ3n) is 5.20. The SMILES string of the molecule is CCNC(=NCC(O)c1ccc(OC)cc1)NC1CCN(c2ccc(C)cc2)C1.I. The molecular weight excluding hydrogens is 491 g/mol. The minimum Gasteiger partial charge on any atom is -0.497 e. The Morgan fingerprint density at radius 2 is 1.90 bits per heavy atom. The minimum atomic E-state index is -0.649. The van der Waals surface area contributed by atoms with E-state index in [0.29, 0.717) is 12.6 Å². The largest absolute Gasteiger partial charge is 0.497 e.